The molecule has 21 heavy (non-hydrogen) atoms. The first kappa shape index (κ1) is 13.9. The molecule has 3 rings (SSSR count). The number of nitrogens with zero attached hydrogens (tertiary/aromatic N) is 2. The van der Waals surface area contributed by atoms with Gasteiger partial charge in [-0.25, -0.2) is 4.98 Å². The molecular formula is C14H18N4O2S. The highest BCUT2D eigenvalue weighted by Gasteiger charge is 2.22. The lowest BCUT2D eigenvalue weighted by molar-refractivity contribution is 0.598. The molecule has 1 atom stereocenters. The Kier molecular flexibility index (Phi) is 3.36. The topological polar surface area (TPSA) is 76.0 Å². The van der Waals surface area contributed by atoms with Gasteiger partial charge in [-0.05, 0) is 31.4 Å². The fourth-order valence-electron chi connectivity index (χ4n) is 2.48. The van der Waals surface area contributed by atoms with E-state index in [2.05, 4.69) is 21.9 Å². The molecule has 2 aromatic rings. The van der Waals surface area contributed by atoms with Crippen LogP contribution < -0.4 is 10.0 Å². The first-order chi connectivity index (χ1) is 9.95. The number of nitrogens with one attached hydrogen (secondary N) is 2. The SMILES string of the molecule is CC1CCc2cccc(NS(=O)(=O)c3cn(C)cn3)c2N1. The minimum absolute atomic E-state index is 0.0199. The average Bonchev–Trinajstić information content (AvgIpc) is 2.87. The van der Waals surface area contributed by atoms with Crippen molar-refractivity contribution in [2.24, 2.45) is 7.05 Å². The van der Waals surface area contributed by atoms with Crippen molar-refractivity contribution in [1.29, 1.82) is 0 Å². The Bertz CT molecular complexity index is 767. The summed E-state index contributed by atoms with van der Waals surface area (Å²) in [5.41, 5.74) is 2.58. The van der Waals surface area contributed by atoms with E-state index in [9.17, 15) is 8.42 Å². The Labute approximate surface area is 124 Å². The fraction of sp³-hybridized carbons (Fsp3) is 0.357. The van der Waals surface area contributed by atoms with Crippen molar-refractivity contribution in [3.8, 4) is 0 Å². The van der Waals surface area contributed by atoms with Gasteiger partial charge in [-0.15, -0.1) is 0 Å². The smallest absolute Gasteiger partial charge is 0.281 e. The summed E-state index contributed by atoms with van der Waals surface area (Å²) in [4.78, 5) is 3.90. The molecule has 1 aromatic carbocycles. The number of fused-ring (bicyclic) bond motifs is 1. The third-order valence-corrected chi connectivity index (χ3v) is 4.84. The van der Waals surface area contributed by atoms with E-state index in [-0.39, 0.29) is 5.03 Å². The minimum atomic E-state index is -3.67. The van der Waals surface area contributed by atoms with Gasteiger partial charge >= 0.3 is 0 Å². The van der Waals surface area contributed by atoms with Gasteiger partial charge < -0.3 is 9.88 Å². The Balaban J connectivity index is 1.95. The Morgan fingerprint density at radius 3 is 2.95 bits per heavy atom. The van der Waals surface area contributed by atoms with Gasteiger partial charge in [0, 0.05) is 19.3 Å². The number of rotatable bonds is 3. The van der Waals surface area contributed by atoms with Crippen molar-refractivity contribution in [2.75, 3.05) is 10.0 Å². The molecule has 1 aliphatic heterocycles. The summed E-state index contributed by atoms with van der Waals surface area (Å²) in [6.07, 6.45) is 4.94. The van der Waals surface area contributed by atoms with E-state index in [1.807, 2.05) is 12.1 Å². The maximum absolute atomic E-state index is 12.4. The van der Waals surface area contributed by atoms with Crippen LogP contribution in [0.15, 0.2) is 35.7 Å². The molecule has 0 spiro atoms. The number of sulfonamides is 1. The highest BCUT2D eigenvalue weighted by atomic mass is 32.2. The number of aromatic nitrogens is 2. The fourth-order valence-corrected chi connectivity index (χ4v) is 3.53. The van der Waals surface area contributed by atoms with E-state index < -0.39 is 10.0 Å². The van der Waals surface area contributed by atoms with Crippen LogP contribution in [0.1, 0.15) is 18.9 Å². The van der Waals surface area contributed by atoms with Crippen molar-refractivity contribution < 1.29 is 8.42 Å². The number of imidazole rings is 1. The van der Waals surface area contributed by atoms with Crippen molar-refractivity contribution in [3.05, 3.63) is 36.3 Å². The Morgan fingerprint density at radius 2 is 2.24 bits per heavy atom. The van der Waals surface area contributed by atoms with E-state index in [4.69, 9.17) is 0 Å². The summed E-state index contributed by atoms with van der Waals surface area (Å²) in [6, 6.07) is 5.99. The van der Waals surface area contributed by atoms with Gasteiger partial charge in [-0.3, -0.25) is 4.72 Å². The van der Waals surface area contributed by atoms with E-state index in [0.29, 0.717) is 11.7 Å². The van der Waals surface area contributed by atoms with Gasteiger partial charge in [-0.2, -0.15) is 8.42 Å². The molecule has 0 radical (unpaired) electrons. The maximum atomic E-state index is 12.4. The van der Waals surface area contributed by atoms with Crippen LogP contribution in [0.4, 0.5) is 11.4 Å². The summed E-state index contributed by atoms with van der Waals surface area (Å²) in [7, 11) is -1.93. The van der Waals surface area contributed by atoms with Gasteiger partial charge in [0.2, 0.25) is 0 Å². The normalized spacial score (nSPS) is 17.9. The highest BCUT2D eigenvalue weighted by Crippen LogP contribution is 2.33. The van der Waals surface area contributed by atoms with Crippen molar-refractivity contribution >= 4 is 21.4 Å². The Hall–Kier alpha value is -2.02. The average molecular weight is 306 g/mol. The summed E-state index contributed by atoms with van der Waals surface area (Å²) in [5.74, 6) is 0. The molecule has 0 amide bonds. The lowest BCUT2D eigenvalue weighted by atomic mass is 9.98. The maximum Gasteiger partial charge on any atom is 0.281 e. The van der Waals surface area contributed by atoms with Crippen LogP contribution in [-0.2, 0) is 23.5 Å². The third-order valence-electron chi connectivity index (χ3n) is 3.59. The summed E-state index contributed by atoms with van der Waals surface area (Å²) in [5, 5.41) is 3.38. The molecule has 7 heteroatoms. The third kappa shape index (κ3) is 2.73. The van der Waals surface area contributed by atoms with Gasteiger partial charge in [0.15, 0.2) is 5.03 Å². The second-order valence-electron chi connectivity index (χ2n) is 5.41. The van der Waals surface area contributed by atoms with Gasteiger partial charge in [0.05, 0.1) is 17.7 Å². The molecule has 1 aromatic heterocycles. The van der Waals surface area contributed by atoms with Gasteiger partial charge in [0.1, 0.15) is 0 Å². The minimum Gasteiger partial charge on any atom is -0.381 e. The van der Waals surface area contributed by atoms with Crippen LogP contribution in [-0.4, -0.2) is 24.0 Å². The molecule has 112 valence electrons. The number of hydrogen-bond acceptors (Lipinski definition) is 4. The molecule has 6 nitrogen and oxygen atoms in total. The van der Waals surface area contributed by atoms with Crippen LogP contribution >= 0.6 is 0 Å². The zero-order chi connectivity index (χ0) is 15.0. The molecule has 0 bridgehead atoms. The molecule has 0 saturated heterocycles. The van der Waals surface area contributed by atoms with Gasteiger partial charge in [0.25, 0.3) is 10.0 Å². The zero-order valence-electron chi connectivity index (χ0n) is 12.0. The molecule has 2 heterocycles. The number of hydrogen-bond donors (Lipinski definition) is 2. The van der Waals surface area contributed by atoms with Crippen LogP contribution in [0.5, 0.6) is 0 Å². The highest BCUT2D eigenvalue weighted by molar-refractivity contribution is 7.92. The predicted octanol–water partition coefficient (Wildman–Crippen LogP) is 1.97. The predicted molar refractivity (Wildman–Crippen MR) is 81.9 cm³/mol. The van der Waals surface area contributed by atoms with Crippen molar-refractivity contribution in [1.82, 2.24) is 9.55 Å². The number of aryl methyl sites for hydroxylation is 2. The number of para-hydroxylation sites is 1. The zero-order valence-corrected chi connectivity index (χ0v) is 12.8. The standard InChI is InChI=1S/C14H18N4O2S/c1-10-6-7-11-4-3-5-12(14(11)16-10)17-21(19,20)13-8-18(2)9-15-13/h3-5,8-10,16-17H,6-7H2,1-2H3. The van der Waals surface area contributed by atoms with Crippen LogP contribution in [0.2, 0.25) is 0 Å². The lowest BCUT2D eigenvalue weighted by Gasteiger charge is -2.26. The lowest BCUT2D eigenvalue weighted by Crippen LogP contribution is -2.24. The van der Waals surface area contributed by atoms with Crippen molar-refractivity contribution in [3.63, 3.8) is 0 Å². The molecule has 0 saturated carbocycles. The molecule has 0 fully saturated rings. The quantitative estimate of drug-likeness (QED) is 0.909. The molecule has 2 N–H and O–H groups in total. The first-order valence-electron chi connectivity index (χ1n) is 6.85. The Morgan fingerprint density at radius 1 is 1.43 bits per heavy atom. The van der Waals surface area contributed by atoms with Crippen LogP contribution in [0, 0.1) is 0 Å². The molecule has 1 aliphatic rings. The van der Waals surface area contributed by atoms with E-state index in [1.165, 1.54) is 12.5 Å². The second-order valence-corrected chi connectivity index (χ2v) is 7.04. The number of benzene rings is 1. The van der Waals surface area contributed by atoms with Gasteiger partial charge in [-0.1, -0.05) is 12.1 Å². The van der Waals surface area contributed by atoms with E-state index in [1.54, 1.807) is 17.7 Å². The molecule has 0 aliphatic carbocycles. The van der Waals surface area contributed by atoms with E-state index >= 15 is 0 Å². The summed E-state index contributed by atoms with van der Waals surface area (Å²) in [6.45, 7) is 2.09. The summed E-state index contributed by atoms with van der Waals surface area (Å²) >= 11 is 0. The van der Waals surface area contributed by atoms with Crippen molar-refractivity contribution in [2.45, 2.75) is 30.8 Å². The van der Waals surface area contributed by atoms with Crippen LogP contribution in [0.3, 0.4) is 0 Å². The first-order valence-corrected chi connectivity index (χ1v) is 8.33. The summed E-state index contributed by atoms with van der Waals surface area (Å²) < 4.78 is 29.0. The molecule has 1 unspecified atom stereocenters. The van der Waals surface area contributed by atoms with Crippen LogP contribution in [0.25, 0.3) is 0 Å². The monoisotopic (exact) mass is 306 g/mol. The van der Waals surface area contributed by atoms with E-state index in [0.717, 1.165) is 24.1 Å². The number of anilines is 2. The second kappa shape index (κ2) is 5.07. The molecular weight excluding hydrogens is 288 g/mol. The largest absolute Gasteiger partial charge is 0.381 e.